The van der Waals surface area contributed by atoms with E-state index in [2.05, 4.69) is 0 Å². The fourth-order valence-corrected chi connectivity index (χ4v) is 1.23. The molecule has 0 unspecified atom stereocenters. The number of nitrogens with two attached hydrogens (primary N) is 4. The molecule has 1 aromatic carbocycles. The van der Waals surface area contributed by atoms with Crippen LogP contribution in [0.4, 0.5) is 0 Å². The van der Waals surface area contributed by atoms with Gasteiger partial charge in [0, 0.05) is 0 Å². The summed E-state index contributed by atoms with van der Waals surface area (Å²) in [5.41, 5.74) is 20.8. The van der Waals surface area contributed by atoms with Gasteiger partial charge in [0.15, 0.2) is 0 Å². The Balaban J connectivity index is -0.000000383. The van der Waals surface area contributed by atoms with Gasteiger partial charge >= 0.3 is 29.8 Å². The molecule has 0 fully saturated rings. The van der Waals surface area contributed by atoms with Crippen LogP contribution in [0.2, 0.25) is 0 Å². The number of rotatable bonds is 8. The minimum Gasteiger partial charge on any atom is -0.481 e. The Morgan fingerprint density at radius 1 is 0.667 bits per heavy atom. The lowest BCUT2D eigenvalue weighted by molar-refractivity contribution is -0.144. The Morgan fingerprint density at radius 2 is 1.00 bits per heavy atom. The van der Waals surface area contributed by atoms with Crippen molar-refractivity contribution in [2.24, 2.45) is 22.9 Å². The second-order valence-corrected chi connectivity index (χ2v) is 6.43. The van der Waals surface area contributed by atoms with Crippen LogP contribution in [0.5, 0.6) is 0 Å². The summed E-state index contributed by atoms with van der Waals surface area (Å²) in [7, 11) is 0. The minimum atomic E-state index is -1.29. The van der Waals surface area contributed by atoms with E-state index in [1.165, 1.54) is 13.8 Å². The third kappa shape index (κ3) is 24.6. The first-order valence-corrected chi connectivity index (χ1v) is 9.22. The number of carbonyl (C=O) groups is 5. The third-order valence-electron chi connectivity index (χ3n) is 3.11. The molecule has 13 N–H and O–H groups in total. The zero-order valence-electron chi connectivity index (χ0n) is 18.2. The van der Waals surface area contributed by atoms with Gasteiger partial charge < -0.3 is 48.5 Å². The van der Waals surface area contributed by atoms with Gasteiger partial charge in [-0.05, 0) is 25.8 Å². The van der Waals surface area contributed by atoms with Crippen molar-refractivity contribution in [3.8, 4) is 0 Å². The molecule has 0 saturated heterocycles. The molecule has 0 aromatic heterocycles. The van der Waals surface area contributed by atoms with Crippen LogP contribution in [-0.4, -0.2) is 79.5 Å². The van der Waals surface area contributed by atoms with E-state index in [0.717, 1.165) is 5.56 Å². The van der Waals surface area contributed by atoms with Gasteiger partial charge in [-0.25, -0.2) is 0 Å². The van der Waals surface area contributed by atoms with Crippen LogP contribution in [-0.2, 0) is 30.4 Å². The highest BCUT2D eigenvalue weighted by molar-refractivity contribution is 5.80. The normalized spacial score (nSPS) is 12.9. The molecule has 14 nitrogen and oxygen atoms in total. The number of aliphatic carboxylic acids is 5. The molecule has 0 aliphatic rings. The van der Waals surface area contributed by atoms with Crippen LogP contribution >= 0.6 is 0 Å². The van der Waals surface area contributed by atoms with Gasteiger partial charge in [0.2, 0.25) is 0 Å². The highest BCUT2D eigenvalue weighted by Gasteiger charge is 2.14. The van der Waals surface area contributed by atoms with E-state index in [9.17, 15) is 24.0 Å². The molecule has 0 aliphatic carbocycles. The molecular weight excluding hydrogens is 444 g/mol. The van der Waals surface area contributed by atoms with Crippen LogP contribution in [0.3, 0.4) is 0 Å². The van der Waals surface area contributed by atoms with Gasteiger partial charge in [0.05, 0.1) is 6.42 Å². The standard InChI is InChI=1S/C9H11NO2.C4H7NO4.2C3H7NO2/c10-8(9(11)12)6-7-4-2-1-3-5-7;5-2(4(8)9)1-3(6)7;2*1-2(4)3(5)6/h1-5,8H,6,10H2,(H,11,12);2H,1,5H2,(H,6,7)(H,8,9);2*2H,4H2,1H3,(H,5,6)/t8-;3*2-/m0000/s1. The number of hydrogen-bond donors (Lipinski definition) is 9. The average molecular weight is 476 g/mol. The smallest absolute Gasteiger partial charge is 0.321 e. The second-order valence-electron chi connectivity index (χ2n) is 6.43. The molecule has 0 spiro atoms. The number of hydrogen-bond acceptors (Lipinski definition) is 9. The number of carboxylic acids is 5. The lowest BCUT2D eigenvalue weighted by atomic mass is 10.1. The summed E-state index contributed by atoms with van der Waals surface area (Å²) in [6.45, 7) is 2.84. The molecular formula is C19H32N4O10. The van der Waals surface area contributed by atoms with Crippen molar-refractivity contribution in [3.63, 3.8) is 0 Å². The highest BCUT2D eigenvalue weighted by atomic mass is 16.4. The lowest BCUT2D eigenvalue weighted by Gasteiger charge is -2.04. The molecule has 1 aromatic rings. The van der Waals surface area contributed by atoms with Crippen molar-refractivity contribution in [2.75, 3.05) is 0 Å². The van der Waals surface area contributed by atoms with Gasteiger partial charge in [-0.15, -0.1) is 0 Å². The second kappa shape index (κ2) is 19.1. The van der Waals surface area contributed by atoms with Crippen molar-refractivity contribution >= 4 is 29.8 Å². The summed E-state index contributed by atoms with van der Waals surface area (Å²) in [6, 6.07) is 5.79. The quantitative estimate of drug-likeness (QED) is 0.203. The van der Waals surface area contributed by atoms with Gasteiger partial charge in [-0.1, -0.05) is 30.3 Å². The van der Waals surface area contributed by atoms with Crippen molar-refractivity contribution < 1.29 is 49.5 Å². The van der Waals surface area contributed by atoms with Crippen LogP contribution in [0.1, 0.15) is 25.8 Å². The van der Waals surface area contributed by atoms with E-state index >= 15 is 0 Å². The Kier molecular flexibility index (Phi) is 19.7. The van der Waals surface area contributed by atoms with E-state index in [4.69, 9.17) is 48.5 Å². The van der Waals surface area contributed by atoms with E-state index < -0.39 is 60.4 Å². The summed E-state index contributed by atoms with van der Waals surface area (Å²) >= 11 is 0. The lowest BCUT2D eigenvalue weighted by Crippen LogP contribution is -2.32. The zero-order valence-corrected chi connectivity index (χ0v) is 18.2. The predicted molar refractivity (Wildman–Crippen MR) is 116 cm³/mol. The summed E-state index contributed by atoms with van der Waals surface area (Å²) < 4.78 is 0. The third-order valence-corrected chi connectivity index (χ3v) is 3.11. The molecule has 0 bridgehead atoms. The maximum absolute atomic E-state index is 10.4. The fraction of sp³-hybridized carbons (Fsp3) is 0.421. The first-order valence-electron chi connectivity index (χ1n) is 9.22. The maximum Gasteiger partial charge on any atom is 0.321 e. The summed E-state index contributed by atoms with van der Waals surface area (Å²) in [5.74, 6) is -5.38. The summed E-state index contributed by atoms with van der Waals surface area (Å²) in [4.78, 5) is 49.1. The summed E-state index contributed by atoms with van der Waals surface area (Å²) in [6.07, 6.45) is -0.147. The molecule has 0 saturated carbocycles. The maximum atomic E-state index is 10.4. The van der Waals surface area contributed by atoms with Crippen LogP contribution in [0.25, 0.3) is 0 Å². The molecule has 4 atom stereocenters. The van der Waals surface area contributed by atoms with Gasteiger partial charge in [0.1, 0.15) is 24.2 Å². The molecule has 0 amide bonds. The highest BCUT2D eigenvalue weighted by Crippen LogP contribution is 2.01. The Labute approximate surface area is 189 Å². The topological polar surface area (TPSA) is 291 Å². The molecule has 0 aliphatic heterocycles. The first kappa shape index (κ1) is 34.0. The molecule has 14 heteroatoms. The Morgan fingerprint density at radius 3 is 1.21 bits per heavy atom. The SMILES string of the molecule is C[C@H](N)C(=O)O.C[C@H](N)C(=O)O.N[C@@H](CC(=O)O)C(=O)O.N[C@@H](Cc1ccccc1)C(=O)O. The van der Waals surface area contributed by atoms with Crippen molar-refractivity contribution in [1.29, 1.82) is 0 Å². The van der Waals surface area contributed by atoms with E-state index in [-0.39, 0.29) is 0 Å². The molecule has 188 valence electrons. The Hall–Kier alpha value is -3.59. The van der Waals surface area contributed by atoms with Crippen LogP contribution in [0.15, 0.2) is 30.3 Å². The van der Waals surface area contributed by atoms with E-state index in [0.29, 0.717) is 6.42 Å². The van der Waals surface area contributed by atoms with Gasteiger partial charge in [0.25, 0.3) is 0 Å². The molecule has 0 heterocycles. The predicted octanol–water partition coefficient (Wildman–Crippen LogP) is -1.65. The zero-order chi connectivity index (χ0) is 26.7. The largest absolute Gasteiger partial charge is 0.481 e. The van der Waals surface area contributed by atoms with Gasteiger partial charge in [-0.3, -0.25) is 24.0 Å². The molecule has 1 rings (SSSR count). The number of carboxylic acid groups (broad SMARTS) is 5. The van der Waals surface area contributed by atoms with Crippen LogP contribution < -0.4 is 22.9 Å². The minimum absolute atomic E-state index is 0.385. The van der Waals surface area contributed by atoms with E-state index in [1.54, 1.807) is 0 Å². The fourth-order valence-electron chi connectivity index (χ4n) is 1.23. The van der Waals surface area contributed by atoms with Crippen molar-refractivity contribution in [3.05, 3.63) is 35.9 Å². The molecule has 0 radical (unpaired) electrons. The van der Waals surface area contributed by atoms with Crippen molar-refractivity contribution in [2.45, 2.75) is 50.9 Å². The van der Waals surface area contributed by atoms with Crippen molar-refractivity contribution in [1.82, 2.24) is 0 Å². The number of benzene rings is 1. The monoisotopic (exact) mass is 476 g/mol. The molecule has 33 heavy (non-hydrogen) atoms. The summed E-state index contributed by atoms with van der Waals surface area (Å²) in [5, 5.41) is 40.3. The average Bonchev–Trinajstić information content (AvgIpc) is 2.69. The van der Waals surface area contributed by atoms with Crippen LogP contribution in [0, 0.1) is 0 Å². The first-order chi connectivity index (χ1) is 15.0. The van der Waals surface area contributed by atoms with Gasteiger partial charge in [-0.2, -0.15) is 0 Å². The Bertz CT molecular complexity index is 723. The van der Waals surface area contributed by atoms with E-state index in [1.807, 2.05) is 30.3 Å².